The van der Waals surface area contributed by atoms with Crippen molar-refractivity contribution in [1.82, 2.24) is 24.5 Å². The van der Waals surface area contributed by atoms with Gasteiger partial charge in [0, 0.05) is 11.8 Å². The van der Waals surface area contributed by atoms with Crippen LogP contribution < -0.4 is 5.32 Å². The van der Waals surface area contributed by atoms with Gasteiger partial charge in [-0.25, -0.2) is 18.4 Å². The molecule has 0 radical (unpaired) electrons. The van der Waals surface area contributed by atoms with Gasteiger partial charge in [0.25, 0.3) is 6.43 Å². The number of fused-ring (bicyclic) bond motifs is 1. The second-order valence-electron chi connectivity index (χ2n) is 8.38. The summed E-state index contributed by atoms with van der Waals surface area (Å²) in [5.41, 5.74) is 2.66. The fraction of sp³-hybridized carbons (Fsp3) is 0.200. The number of nitrogens with one attached hydrogen (secondary N) is 1. The Kier molecular flexibility index (Phi) is 6.27. The Morgan fingerprint density at radius 3 is 2.72 bits per heavy atom. The van der Waals surface area contributed by atoms with Crippen LogP contribution in [0.3, 0.4) is 0 Å². The molecule has 5 rings (SSSR count). The van der Waals surface area contributed by atoms with Gasteiger partial charge in [-0.15, -0.1) is 0 Å². The summed E-state index contributed by atoms with van der Waals surface area (Å²) in [6, 6.07) is 12.5. The van der Waals surface area contributed by atoms with Crippen molar-refractivity contribution in [1.29, 1.82) is 0 Å². The van der Waals surface area contributed by atoms with Crippen molar-refractivity contribution in [2.24, 2.45) is 0 Å². The molecular formula is C25H21ClF2N6O2. The molecule has 5 aromatic rings. The van der Waals surface area contributed by atoms with E-state index in [1.54, 1.807) is 29.9 Å². The van der Waals surface area contributed by atoms with Gasteiger partial charge in [0.2, 0.25) is 5.91 Å². The van der Waals surface area contributed by atoms with E-state index in [2.05, 4.69) is 20.5 Å². The Labute approximate surface area is 209 Å². The van der Waals surface area contributed by atoms with Gasteiger partial charge in [-0.05, 0) is 37.6 Å². The third kappa shape index (κ3) is 4.72. The third-order valence-corrected chi connectivity index (χ3v) is 5.89. The number of amides is 1. The number of hydrogen-bond donors (Lipinski definition) is 1. The number of anilines is 1. The Morgan fingerprint density at radius 1 is 1.17 bits per heavy atom. The van der Waals surface area contributed by atoms with Gasteiger partial charge in [0.15, 0.2) is 17.2 Å². The lowest BCUT2D eigenvalue weighted by atomic mass is 10.1. The minimum absolute atomic E-state index is 0.155. The molecule has 11 heteroatoms. The van der Waals surface area contributed by atoms with E-state index < -0.39 is 12.3 Å². The summed E-state index contributed by atoms with van der Waals surface area (Å²) in [7, 11) is 0. The summed E-state index contributed by atoms with van der Waals surface area (Å²) >= 11 is 6.30. The van der Waals surface area contributed by atoms with Gasteiger partial charge in [-0.2, -0.15) is 10.2 Å². The number of carbonyl (C=O) groups excluding carboxylic acids is 1. The van der Waals surface area contributed by atoms with Crippen molar-refractivity contribution in [3.63, 3.8) is 0 Å². The largest absolute Gasteiger partial charge is 0.463 e. The normalized spacial score (nSPS) is 11.5. The molecule has 4 aromatic heterocycles. The van der Waals surface area contributed by atoms with Gasteiger partial charge < -0.3 is 9.73 Å². The minimum atomic E-state index is -2.76. The van der Waals surface area contributed by atoms with Crippen molar-refractivity contribution in [2.75, 3.05) is 5.32 Å². The smallest absolute Gasteiger partial charge is 0.264 e. The van der Waals surface area contributed by atoms with Gasteiger partial charge in [0.05, 0.1) is 23.9 Å². The van der Waals surface area contributed by atoms with Crippen molar-refractivity contribution in [2.45, 2.75) is 33.4 Å². The van der Waals surface area contributed by atoms with Crippen LogP contribution in [0.4, 0.5) is 14.6 Å². The molecule has 0 atom stereocenters. The van der Waals surface area contributed by atoms with Gasteiger partial charge >= 0.3 is 0 Å². The number of benzene rings is 1. The number of alkyl halides is 2. The molecule has 36 heavy (non-hydrogen) atoms. The number of aromatic nitrogens is 5. The summed E-state index contributed by atoms with van der Waals surface area (Å²) in [6.45, 7) is 3.81. The molecule has 0 unspecified atom stereocenters. The lowest BCUT2D eigenvalue weighted by molar-refractivity contribution is -0.116. The third-order valence-electron chi connectivity index (χ3n) is 5.61. The van der Waals surface area contributed by atoms with E-state index in [4.69, 9.17) is 16.0 Å². The van der Waals surface area contributed by atoms with E-state index in [1.807, 2.05) is 31.2 Å². The monoisotopic (exact) mass is 510 g/mol. The molecule has 0 saturated heterocycles. The fourth-order valence-corrected chi connectivity index (χ4v) is 4.29. The summed E-state index contributed by atoms with van der Waals surface area (Å²) in [5.74, 6) is 0.0468. The van der Waals surface area contributed by atoms with E-state index in [0.29, 0.717) is 18.0 Å². The first-order valence-electron chi connectivity index (χ1n) is 11.1. The van der Waals surface area contributed by atoms with E-state index in [-0.39, 0.29) is 39.7 Å². The predicted octanol–water partition coefficient (Wildman–Crippen LogP) is 5.78. The van der Waals surface area contributed by atoms with E-state index in [1.165, 1.54) is 17.0 Å². The van der Waals surface area contributed by atoms with Crippen LogP contribution in [-0.4, -0.2) is 30.5 Å². The average Bonchev–Trinajstić information content (AvgIpc) is 3.54. The molecule has 4 heterocycles. The zero-order valence-corrected chi connectivity index (χ0v) is 20.1. The Morgan fingerprint density at radius 2 is 2.00 bits per heavy atom. The van der Waals surface area contributed by atoms with Crippen LogP contribution in [0.5, 0.6) is 0 Å². The second kappa shape index (κ2) is 9.54. The highest BCUT2D eigenvalue weighted by Gasteiger charge is 2.23. The van der Waals surface area contributed by atoms with Gasteiger partial charge in [0.1, 0.15) is 17.3 Å². The minimum Gasteiger partial charge on any atom is -0.463 e. The number of rotatable bonds is 7. The maximum Gasteiger partial charge on any atom is 0.264 e. The maximum atomic E-state index is 13.9. The number of hydrogen-bond acceptors (Lipinski definition) is 5. The molecule has 0 aliphatic rings. The molecule has 1 aromatic carbocycles. The van der Waals surface area contributed by atoms with Crippen LogP contribution in [0.15, 0.2) is 59.3 Å². The Hall–Kier alpha value is -4.05. The molecule has 184 valence electrons. The SMILES string of the molecule is Cc1cccc(Cn2cc(Cl)c(NC(=O)Cn3nc(C)c4c(C(F)F)cc(-c5ccco5)nc43)n2)c1. The van der Waals surface area contributed by atoms with E-state index in [9.17, 15) is 13.6 Å². The maximum absolute atomic E-state index is 13.9. The molecule has 8 nitrogen and oxygen atoms in total. The first-order chi connectivity index (χ1) is 17.3. The van der Waals surface area contributed by atoms with Gasteiger partial charge in [-0.1, -0.05) is 41.4 Å². The summed E-state index contributed by atoms with van der Waals surface area (Å²) in [4.78, 5) is 17.3. The van der Waals surface area contributed by atoms with Crippen molar-refractivity contribution < 1.29 is 18.0 Å². The van der Waals surface area contributed by atoms with Crippen LogP contribution >= 0.6 is 11.6 Å². The number of furan rings is 1. The Bertz CT molecular complexity index is 1560. The first kappa shape index (κ1) is 23.7. The van der Waals surface area contributed by atoms with Crippen LogP contribution in [-0.2, 0) is 17.9 Å². The van der Waals surface area contributed by atoms with Crippen LogP contribution in [0, 0.1) is 13.8 Å². The zero-order valence-electron chi connectivity index (χ0n) is 19.4. The van der Waals surface area contributed by atoms with Crippen molar-refractivity contribution in [3.8, 4) is 11.5 Å². The number of pyridine rings is 1. The predicted molar refractivity (Wildman–Crippen MR) is 131 cm³/mol. The molecule has 0 fully saturated rings. The molecule has 0 aliphatic carbocycles. The lowest BCUT2D eigenvalue weighted by Gasteiger charge is -2.08. The summed E-state index contributed by atoms with van der Waals surface area (Å²) in [6.07, 6.45) is 0.297. The highest BCUT2D eigenvalue weighted by molar-refractivity contribution is 6.33. The quantitative estimate of drug-likeness (QED) is 0.299. The average molecular weight is 511 g/mol. The fourth-order valence-electron chi connectivity index (χ4n) is 4.09. The number of nitrogens with zero attached hydrogens (tertiary/aromatic N) is 5. The molecular weight excluding hydrogens is 490 g/mol. The molecule has 0 spiro atoms. The van der Waals surface area contributed by atoms with Crippen LogP contribution in [0.1, 0.15) is 28.8 Å². The van der Waals surface area contributed by atoms with Crippen LogP contribution in [0.2, 0.25) is 5.02 Å². The van der Waals surface area contributed by atoms with E-state index >= 15 is 0 Å². The topological polar surface area (TPSA) is 90.8 Å². The highest BCUT2D eigenvalue weighted by Crippen LogP contribution is 2.33. The number of halogens is 3. The Balaban J connectivity index is 1.40. The summed E-state index contributed by atoms with van der Waals surface area (Å²) < 4.78 is 36.0. The first-order valence-corrected chi connectivity index (χ1v) is 11.4. The van der Waals surface area contributed by atoms with E-state index in [0.717, 1.165) is 11.1 Å². The molecule has 0 aliphatic heterocycles. The molecule has 0 saturated carbocycles. The lowest BCUT2D eigenvalue weighted by Crippen LogP contribution is -2.20. The second-order valence-corrected chi connectivity index (χ2v) is 8.78. The standard InChI is InChI=1S/C25H21ClF2N6O2/c1-14-5-3-6-16(9-14)11-33-12-18(26)24(32-33)30-21(35)13-34-25-22(15(2)31-34)17(23(27)28)10-19(29-25)20-7-4-8-36-20/h3-10,12,23H,11,13H2,1-2H3,(H,30,32,35). The number of aryl methyl sites for hydroxylation is 2. The summed E-state index contributed by atoms with van der Waals surface area (Å²) in [5, 5.41) is 11.8. The highest BCUT2D eigenvalue weighted by atomic mass is 35.5. The zero-order chi connectivity index (χ0) is 25.4. The molecule has 1 amide bonds. The van der Waals surface area contributed by atoms with Gasteiger partial charge in [-0.3, -0.25) is 9.48 Å². The molecule has 0 bridgehead atoms. The van der Waals surface area contributed by atoms with Crippen molar-refractivity contribution >= 4 is 34.4 Å². The molecule has 1 N–H and O–H groups in total. The number of carbonyl (C=O) groups is 1. The van der Waals surface area contributed by atoms with Crippen molar-refractivity contribution in [3.05, 3.63) is 82.3 Å². The van der Waals surface area contributed by atoms with Crippen LogP contribution in [0.25, 0.3) is 22.5 Å².